The van der Waals surface area contributed by atoms with Crippen molar-refractivity contribution in [3.63, 3.8) is 0 Å². The monoisotopic (exact) mass is 234 g/mol. The van der Waals surface area contributed by atoms with Gasteiger partial charge < -0.3 is 10.8 Å². The molecule has 1 radical (unpaired) electrons. The molecule has 0 amide bonds. The summed E-state index contributed by atoms with van der Waals surface area (Å²) in [5.41, 5.74) is 0. The van der Waals surface area contributed by atoms with Gasteiger partial charge in [-0.05, 0) is 6.42 Å². The molecule has 11 heavy (non-hydrogen) atoms. The summed E-state index contributed by atoms with van der Waals surface area (Å²) in [6.07, 6.45) is 2.93. The third-order valence-corrected chi connectivity index (χ3v) is 0.582. The Morgan fingerprint density at radius 2 is 2.00 bits per heavy atom. The topological polar surface area (TPSA) is 26.3 Å². The maximum Gasteiger partial charge on any atom is 0.147 e. The predicted molar refractivity (Wildman–Crippen MR) is 43.6 cm³/mol. The van der Waals surface area contributed by atoms with Crippen molar-refractivity contribution in [1.29, 1.82) is 0 Å². The van der Waals surface area contributed by atoms with E-state index >= 15 is 0 Å². The molecule has 0 aromatic heterocycles. The molecular weight excluding hydrogens is 217 g/mol. The first-order chi connectivity index (χ1) is 3.81. The Balaban J connectivity index is -0.0000000817. The molecule has 0 N–H and O–H groups in total. The van der Waals surface area contributed by atoms with Crippen molar-refractivity contribution in [3.05, 3.63) is 12.7 Å². The van der Waals surface area contributed by atoms with E-state index in [4.69, 9.17) is 0 Å². The van der Waals surface area contributed by atoms with Gasteiger partial charge in [0.2, 0.25) is 0 Å². The van der Waals surface area contributed by atoms with Crippen LogP contribution in [0.4, 0.5) is 0 Å². The van der Waals surface area contributed by atoms with E-state index in [0.29, 0.717) is 6.61 Å². The second-order valence-corrected chi connectivity index (χ2v) is 1.31. The first kappa shape index (κ1) is 22.5. The minimum Gasteiger partial charge on any atom is -0.490 e. The van der Waals surface area contributed by atoms with Gasteiger partial charge in [-0.15, -0.1) is 0 Å². The van der Waals surface area contributed by atoms with Gasteiger partial charge in [-0.3, -0.25) is 11.4 Å². The molecule has 0 spiro atoms. The molecule has 0 saturated heterocycles. The van der Waals surface area contributed by atoms with Gasteiger partial charge in [0.05, 0.1) is 6.61 Å². The Morgan fingerprint density at radius 3 is 2.27 bits per heavy atom. The summed E-state index contributed by atoms with van der Waals surface area (Å²) < 4.78 is 4.53. The van der Waals surface area contributed by atoms with Crippen LogP contribution in [-0.4, -0.2) is 12.6 Å². The van der Waals surface area contributed by atoms with Crippen LogP contribution in [0.1, 0.15) is 28.2 Å². The Bertz CT molecular complexity index is 92.1. The number of hydrogen-bond donors (Lipinski definition) is 0. The molecule has 0 bridgehead atoms. The molecule has 0 fully saturated rings. The summed E-state index contributed by atoms with van der Waals surface area (Å²) in [4.78, 5) is 10.2. The fourth-order valence-electron chi connectivity index (χ4n) is 0.246. The molecule has 0 unspecified atom stereocenters. The molecule has 0 aliphatic heterocycles. The predicted octanol–water partition coefficient (Wildman–Crippen LogP) is 2.20. The van der Waals surface area contributed by atoms with Gasteiger partial charge >= 0.3 is 0 Å². The zero-order chi connectivity index (χ0) is 6.41. The summed E-state index contributed by atoms with van der Waals surface area (Å²) in [7, 11) is 0. The van der Waals surface area contributed by atoms with Crippen LogP contribution in [0.25, 0.3) is 0 Å². The second-order valence-electron chi connectivity index (χ2n) is 1.31. The van der Waals surface area contributed by atoms with Crippen LogP contribution in [-0.2, 0) is 42.2 Å². The average Bonchev–Trinajstić information content (AvgIpc) is 1.83. The molecule has 0 rings (SSSR count). The Hall–Kier alpha value is 0.314. The Labute approximate surface area is 95.3 Å². The summed E-state index contributed by atoms with van der Waals surface area (Å²) >= 11 is 0. The van der Waals surface area contributed by atoms with Crippen LogP contribution < -0.4 is 0 Å². The van der Waals surface area contributed by atoms with E-state index in [1.54, 1.807) is 0 Å². The molecule has 65 valence electrons. The normalized spacial score (nSPS) is 5.91. The molecule has 0 aromatic rings. The van der Waals surface area contributed by atoms with Crippen LogP contribution in [0, 0.1) is 6.08 Å². The van der Waals surface area contributed by atoms with Gasteiger partial charge in [0, 0.05) is 32.7 Å². The summed E-state index contributed by atoms with van der Waals surface area (Å²) in [6.45, 7) is 5.50. The maximum atomic E-state index is 10.2. The van der Waals surface area contributed by atoms with Gasteiger partial charge in [0.1, 0.15) is 5.97 Å². The number of ether oxygens (including phenoxy) is 1. The van der Waals surface area contributed by atoms with E-state index in [9.17, 15) is 4.79 Å². The van der Waals surface area contributed by atoms with Crippen LogP contribution >= 0.6 is 0 Å². The second kappa shape index (κ2) is 16.7. The number of carbonyl (C=O) groups excluding carboxylic acids is 1. The van der Waals surface area contributed by atoms with E-state index in [1.165, 1.54) is 0 Å². The van der Waals surface area contributed by atoms with E-state index in [-0.39, 0.29) is 47.6 Å². The molecule has 0 aromatic carbocycles. The maximum absolute atomic E-state index is 10.2. The van der Waals surface area contributed by atoms with Gasteiger partial charge in [-0.25, -0.2) is 0 Å². The molecular formula is C8H17O2Y-. The minimum absolute atomic E-state index is 0. The van der Waals surface area contributed by atoms with Gasteiger partial charge in [-0.1, -0.05) is 21.8 Å². The average molecular weight is 234 g/mol. The number of esters is 1. The first-order valence-corrected chi connectivity index (χ1v) is 2.51. The van der Waals surface area contributed by atoms with Crippen molar-refractivity contribution in [3.8, 4) is 0 Å². The zero-order valence-electron chi connectivity index (χ0n) is 5.52. The number of hydrogen-bond acceptors (Lipinski definition) is 2. The van der Waals surface area contributed by atoms with Crippen molar-refractivity contribution in [2.45, 2.75) is 28.2 Å². The smallest absolute Gasteiger partial charge is 0.147 e. The minimum atomic E-state index is -0.466. The Kier molecular flexibility index (Phi) is 34.2. The quantitative estimate of drug-likeness (QED) is 0.425. The third-order valence-electron chi connectivity index (χ3n) is 0.582. The van der Waals surface area contributed by atoms with E-state index in [2.05, 4.69) is 17.4 Å². The number of carbonyl (C=O) groups is 1. The van der Waals surface area contributed by atoms with Crippen LogP contribution in [0.2, 0.25) is 0 Å². The largest absolute Gasteiger partial charge is 0.490 e. The van der Waals surface area contributed by atoms with Gasteiger partial charge in [0.15, 0.2) is 0 Å². The van der Waals surface area contributed by atoms with E-state index in [0.717, 1.165) is 6.42 Å². The summed E-state index contributed by atoms with van der Waals surface area (Å²) in [5, 5.41) is 0. The number of rotatable bonds is 3. The van der Waals surface area contributed by atoms with Crippen molar-refractivity contribution in [2.75, 3.05) is 6.61 Å². The van der Waals surface area contributed by atoms with Gasteiger partial charge in [0.25, 0.3) is 0 Å². The molecule has 2 nitrogen and oxygen atoms in total. The van der Waals surface area contributed by atoms with Crippen molar-refractivity contribution in [1.82, 2.24) is 0 Å². The molecule has 0 heterocycles. The Morgan fingerprint density at radius 1 is 1.55 bits per heavy atom. The molecule has 0 aliphatic rings. The van der Waals surface area contributed by atoms with E-state index in [1.807, 2.05) is 6.92 Å². The van der Waals surface area contributed by atoms with Crippen molar-refractivity contribution in [2.24, 2.45) is 0 Å². The standard InChI is InChI=1S/C6H9O2.2CH4.Y/c1-3-5-8-6(7)4-2;;;/h2-3,5H2,1H3;2*1H4;/q-1;;;. The fourth-order valence-corrected chi connectivity index (χ4v) is 0.246. The SMILES string of the molecule is C.C.C=[C-]C(=O)OCCC.[Y]. The van der Waals surface area contributed by atoms with Crippen LogP contribution in [0.5, 0.6) is 0 Å². The van der Waals surface area contributed by atoms with E-state index < -0.39 is 5.97 Å². The molecule has 3 heteroatoms. The fraction of sp³-hybridized carbons (Fsp3) is 0.625. The molecule has 0 aliphatic carbocycles. The van der Waals surface area contributed by atoms with Gasteiger partial charge in [-0.2, -0.15) is 0 Å². The molecule has 0 saturated carbocycles. The van der Waals surface area contributed by atoms with Crippen molar-refractivity contribution < 1.29 is 42.2 Å². The summed E-state index contributed by atoms with van der Waals surface area (Å²) in [5.74, 6) is -0.466. The molecule has 0 atom stereocenters. The summed E-state index contributed by atoms with van der Waals surface area (Å²) in [6, 6.07) is 0. The first-order valence-electron chi connectivity index (χ1n) is 2.51. The zero-order valence-corrected chi connectivity index (χ0v) is 8.35. The van der Waals surface area contributed by atoms with Crippen LogP contribution in [0.3, 0.4) is 0 Å². The third kappa shape index (κ3) is 17.9. The van der Waals surface area contributed by atoms with Crippen molar-refractivity contribution >= 4 is 5.97 Å². The van der Waals surface area contributed by atoms with Crippen LogP contribution in [0.15, 0.2) is 6.58 Å².